The second-order valence-corrected chi connectivity index (χ2v) is 15.2. The molecular formula is C33H43N2O4S. The van der Waals surface area contributed by atoms with Gasteiger partial charge in [0.2, 0.25) is 0 Å². The number of nitrogens with zero attached hydrogens (tertiary/aromatic N) is 2. The van der Waals surface area contributed by atoms with Crippen molar-refractivity contribution in [3.8, 4) is 5.75 Å². The molecule has 0 bridgehead atoms. The van der Waals surface area contributed by atoms with Gasteiger partial charge in [-0.2, -0.15) is 0 Å². The van der Waals surface area contributed by atoms with Gasteiger partial charge < -0.3 is 14.4 Å². The molecule has 215 valence electrons. The molecule has 0 N–H and O–H groups in total. The Bertz CT molecular complexity index is 1350. The van der Waals surface area contributed by atoms with E-state index in [1.807, 2.05) is 49.3 Å². The zero-order valence-electron chi connectivity index (χ0n) is 25.5. The number of methoxy groups -OCH3 is 1. The molecule has 6 nitrogen and oxygen atoms in total. The van der Waals surface area contributed by atoms with Gasteiger partial charge in [-0.15, -0.1) is 11.3 Å². The molecule has 0 spiro atoms. The first-order valence-electron chi connectivity index (χ1n) is 14.3. The molecule has 1 saturated heterocycles. The van der Waals surface area contributed by atoms with Gasteiger partial charge in [0.1, 0.15) is 21.9 Å². The van der Waals surface area contributed by atoms with Gasteiger partial charge >= 0.3 is 5.97 Å². The summed E-state index contributed by atoms with van der Waals surface area (Å²) in [6.45, 7) is 18.5. The zero-order chi connectivity index (χ0) is 29.4. The van der Waals surface area contributed by atoms with Crippen molar-refractivity contribution in [2.75, 3.05) is 7.11 Å². The van der Waals surface area contributed by atoms with Crippen molar-refractivity contribution >= 4 is 23.2 Å². The Labute approximate surface area is 243 Å². The molecule has 5 rings (SSSR count). The smallest absolute Gasteiger partial charge is 0.332 e. The number of carbonyl (C=O) groups excluding carboxylic acids is 2. The second-order valence-electron chi connectivity index (χ2n) is 14.3. The van der Waals surface area contributed by atoms with E-state index in [1.54, 1.807) is 24.6 Å². The van der Waals surface area contributed by atoms with Gasteiger partial charge in [-0.3, -0.25) is 4.79 Å². The van der Waals surface area contributed by atoms with Gasteiger partial charge in [0.25, 0.3) is 5.91 Å². The van der Waals surface area contributed by atoms with Crippen LogP contribution in [0.2, 0.25) is 0 Å². The van der Waals surface area contributed by atoms with E-state index in [0.717, 1.165) is 10.6 Å². The Balaban J connectivity index is 1.70. The molecule has 1 radical (unpaired) electrons. The minimum atomic E-state index is -1.13. The highest BCUT2D eigenvalue weighted by Gasteiger charge is 2.75. The van der Waals surface area contributed by atoms with Gasteiger partial charge in [-0.1, -0.05) is 59.3 Å². The van der Waals surface area contributed by atoms with E-state index in [4.69, 9.17) is 14.5 Å². The Morgan fingerprint density at radius 3 is 2.33 bits per heavy atom. The highest BCUT2D eigenvalue weighted by atomic mass is 32.1. The van der Waals surface area contributed by atoms with Crippen LogP contribution < -0.4 is 4.74 Å². The first-order valence-corrected chi connectivity index (χ1v) is 15.2. The average molecular weight is 564 g/mol. The molecule has 1 saturated carbocycles. The van der Waals surface area contributed by atoms with Crippen molar-refractivity contribution in [3.63, 3.8) is 0 Å². The Hall–Kier alpha value is -2.67. The van der Waals surface area contributed by atoms with Gasteiger partial charge in [0.05, 0.1) is 13.2 Å². The largest absolute Gasteiger partial charge is 0.496 e. The highest BCUT2D eigenvalue weighted by molar-refractivity contribution is 7.09. The molecule has 2 heterocycles. The molecule has 1 aromatic heterocycles. The Morgan fingerprint density at radius 1 is 1.18 bits per heavy atom. The third-order valence-electron chi connectivity index (χ3n) is 8.68. The predicted octanol–water partition coefficient (Wildman–Crippen LogP) is 7.31. The maximum absolute atomic E-state index is 14.9. The van der Waals surface area contributed by atoms with Gasteiger partial charge in [0, 0.05) is 28.5 Å². The summed E-state index contributed by atoms with van der Waals surface area (Å²) in [6, 6.07) is 5.34. The van der Waals surface area contributed by atoms with E-state index in [-0.39, 0.29) is 40.6 Å². The monoisotopic (exact) mass is 563 g/mol. The Morgan fingerprint density at radius 2 is 1.85 bits per heavy atom. The number of hydrogen-bond donors (Lipinski definition) is 0. The molecule has 1 aromatic carbocycles. The number of esters is 1. The van der Waals surface area contributed by atoms with E-state index >= 15 is 0 Å². The quantitative estimate of drug-likeness (QED) is 0.330. The minimum absolute atomic E-state index is 0.0274. The maximum Gasteiger partial charge on any atom is 0.332 e. The fourth-order valence-corrected chi connectivity index (χ4v) is 7.56. The molecule has 2 aliphatic carbocycles. The van der Waals surface area contributed by atoms with E-state index < -0.39 is 11.1 Å². The van der Waals surface area contributed by atoms with Crippen molar-refractivity contribution in [3.05, 3.63) is 63.5 Å². The Kier molecular flexibility index (Phi) is 6.80. The number of benzene rings is 1. The van der Waals surface area contributed by atoms with Crippen molar-refractivity contribution in [1.82, 2.24) is 9.88 Å². The summed E-state index contributed by atoms with van der Waals surface area (Å²) in [7, 11) is 1.64. The number of carbonyl (C=O) groups is 2. The molecule has 2 fully saturated rings. The van der Waals surface area contributed by atoms with Crippen LogP contribution in [0.5, 0.6) is 5.75 Å². The number of allylic oxidation sites excluding steroid dienone is 2. The van der Waals surface area contributed by atoms with E-state index in [0.29, 0.717) is 24.2 Å². The number of ether oxygens (including phenoxy) is 2. The lowest BCUT2D eigenvalue weighted by atomic mass is 9.75. The SMILES string of the molecule is COc1cc(C(=O)N2[C@@H](c3nccs3)[C@H](C3(C)[C]4C=C43)C[C@@]2(CC(C)C)C(=O)OC(C)(C)C)ccc1C(C)(C)C. The second kappa shape index (κ2) is 9.43. The molecular weight excluding hydrogens is 520 g/mol. The molecule has 4 atom stereocenters. The third kappa shape index (κ3) is 4.68. The van der Waals surface area contributed by atoms with Crippen LogP contribution in [0.4, 0.5) is 0 Å². The molecule has 40 heavy (non-hydrogen) atoms. The van der Waals surface area contributed by atoms with Crippen LogP contribution in [0.15, 0.2) is 41.4 Å². The fraction of sp³-hybridized carbons (Fsp3) is 0.576. The van der Waals surface area contributed by atoms with Gasteiger partial charge in [0.15, 0.2) is 0 Å². The van der Waals surface area contributed by atoms with Crippen LogP contribution >= 0.6 is 11.3 Å². The summed E-state index contributed by atoms with van der Waals surface area (Å²) in [5.74, 6) is 1.70. The molecule has 7 heteroatoms. The topological polar surface area (TPSA) is 68.7 Å². The number of rotatable bonds is 7. The minimum Gasteiger partial charge on any atom is -0.496 e. The molecule has 1 aliphatic heterocycles. The summed E-state index contributed by atoms with van der Waals surface area (Å²) in [6.07, 6.45) is 5.05. The maximum atomic E-state index is 14.9. The zero-order valence-corrected chi connectivity index (χ0v) is 26.4. The van der Waals surface area contributed by atoms with Crippen molar-refractivity contribution in [2.45, 2.75) is 97.8 Å². The van der Waals surface area contributed by atoms with Crippen molar-refractivity contribution in [2.24, 2.45) is 17.3 Å². The number of aromatic nitrogens is 1. The van der Waals surface area contributed by atoms with Crippen LogP contribution in [-0.4, -0.2) is 40.0 Å². The number of amides is 1. The number of likely N-dealkylation sites (tertiary alicyclic amines) is 1. The van der Waals surface area contributed by atoms with Crippen LogP contribution in [0.25, 0.3) is 0 Å². The van der Waals surface area contributed by atoms with E-state index in [1.165, 1.54) is 11.5 Å². The lowest BCUT2D eigenvalue weighted by Gasteiger charge is -2.41. The van der Waals surface area contributed by atoms with Gasteiger partial charge in [-0.05, 0) is 68.6 Å². The standard InChI is InChI=1S/C33H43N2O4S/c1-19(2)17-33(29(37)39-31(6,7)8)18-24(32(9)22-16-23(22)32)26(27-34-13-14-40-27)35(33)28(36)20-11-12-21(30(3,4)5)25(15-20)38-10/h11-16,19,24,26H,17-18H2,1-10H3/t24-,26-,33+/m1/s1. The summed E-state index contributed by atoms with van der Waals surface area (Å²) in [4.78, 5) is 35.8. The van der Waals surface area contributed by atoms with Crippen molar-refractivity contribution < 1.29 is 19.1 Å². The fourth-order valence-electron chi connectivity index (χ4n) is 6.77. The van der Waals surface area contributed by atoms with Crippen LogP contribution in [0, 0.1) is 23.2 Å². The van der Waals surface area contributed by atoms with Crippen LogP contribution in [-0.2, 0) is 14.9 Å². The molecule has 2 aromatic rings. The number of fused-ring (bicyclic) bond motifs is 1. The van der Waals surface area contributed by atoms with Gasteiger partial charge in [-0.25, -0.2) is 9.78 Å². The lowest BCUT2D eigenvalue weighted by Crippen LogP contribution is -2.56. The van der Waals surface area contributed by atoms with Crippen molar-refractivity contribution in [1.29, 1.82) is 0 Å². The van der Waals surface area contributed by atoms with E-state index in [9.17, 15) is 9.59 Å². The summed E-state index contributed by atoms with van der Waals surface area (Å²) >= 11 is 1.55. The summed E-state index contributed by atoms with van der Waals surface area (Å²) < 4.78 is 11.9. The van der Waals surface area contributed by atoms with Crippen LogP contribution in [0.3, 0.4) is 0 Å². The normalized spacial score (nSPS) is 27.9. The molecule has 1 unspecified atom stereocenters. The summed E-state index contributed by atoms with van der Waals surface area (Å²) in [5.41, 5.74) is 0.813. The lowest BCUT2D eigenvalue weighted by molar-refractivity contribution is -0.168. The summed E-state index contributed by atoms with van der Waals surface area (Å²) in [5, 5.41) is 2.81. The first-order chi connectivity index (χ1) is 18.5. The average Bonchev–Trinajstić information content (AvgIpc) is 3.63. The third-order valence-corrected chi connectivity index (χ3v) is 9.52. The molecule has 3 aliphatic rings. The van der Waals surface area contributed by atoms with Crippen LogP contribution in [0.1, 0.15) is 102 Å². The number of hydrogen-bond acceptors (Lipinski definition) is 6. The first kappa shape index (κ1) is 28.8. The predicted molar refractivity (Wildman–Crippen MR) is 158 cm³/mol. The van der Waals surface area contributed by atoms with E-state index in [2.05, 4.69) is 47.6 Å². The molecule has 1 amide bonds. The number of thiazole rings is 1. The highest BCUT2D eigenvalue weighted by Crippen LogP contribution is 2.80.